The molecular formula is C9H6F2N2. The molecule has 2 nitrogen and oxygen atoms in total. The fourth-order valence-corrected chi connectivity index (χ4v) is 2.29. The van der Waals surface area contributed by atoms with Crippen molar-refractivity contribution in [1.29, 1.82) is 5.26 Å². The first-order chi connectivity index (χ1) is 6.16. The summed E-state index contributed by atoms with van der Waals surface area (Å²) in [5.41, 5.74) is 0.933. The van der Waals surface area contributed by atoms with Crippen molar-refractivity contribution in [3.8, 4) is 6.07 Å². The van der Waals surface area contributed by atoms with Gasteiger partial charge in [0.2, 0.25) is 0 Å². The monoisotopic (exact) mass is 180 g/mol. The molecule has 1 saturated carbocycles. The lowest BCUT2D eigenvalue weighted by atomic mass is 10.1. The van der Waals surface area contributed by atoms with E-state index in [1.54, 1.807) is 0 Å². The van der Waals surface area contributed by atoms with Crippen molar-refractivity contribution < 1.29 is 8.78 Å². The van der Waals surface area contributed by atoms with Crippen molar-refractivity contribution in [1.82, 2.24) is 4.98 Å². The first-order valence-electron chi connectivity index (χ1n) is 4.16. The molecule has 4 heteroatoms. The summed E-state index contributed by atoms with van der Waals surface area (Å²) < 4.78 is 26.8. The molecule has 1 N–H and O–H groups in total. The lowest BCUT2D eigenvalue weighted by molar-refractivity contribution is -0.0262. The van der Waals surface area contributed by atoms with Gasteiger partial charge in [-0.1, -0.05) is 0 Å². The van der Waals surface area contributed by atoms with Gasteiger partial charge in [0.1, 0.15) is 6.07 Å². The summed E-state index contributed by atoms with van der Waals surface area (Å²) in [7, 11) is 0. The molecule has 0 spiro atoms. The predicted octanol–water partition coefficient (Wildman–Crippen LogP) is 2.10. The van der Waals surface area contributed by atoms with Gasteiger partial charge in [0.15, 0.2) is 0 Å². The molecule has 1 heterocycles. The molecule has 1 aromatic heterocycles. The third-order valence-corrected chi connectivity index (χ3v) is 3.00. The van der Waals surface area contributed by atoms with Crippen LogP contribution in [0.25, 0.3) is 0 Å². The minimum atomic E-state index is -2.73. The fourth-order valence-electron chi connectivity index (χ4n) is 2.29. The van der Waals surface area contributed by atoms with E-state index in [0.717, 1.165) is 0 Å². The Balaban J connectivity index is 2.26. The van der Waals surface area contributed by atoms with Gasteiger partial charge in [-0.15, -0.1) is 0 Å². The number of aromatic amines is 1. The highest BCUT2D eigenvalue weighted by Gasteiger charge is 2.65. The third kappa shape index (κ3) is 0.624. The van der Waals surface area contributed by atoms with Crippen LogP contribution < -0.4 is 0 Å². The van der Waals surface area contributed by atoms with Gasteiger partial charge in [-0.25, -0.2) is 0 Å². The minimum absolute atomic E-state index is 0.0229. The Labute approximate surface area is 73.2 Å². The molecule has 2 aliphatic rings. The Morgan fingerprint density at radius 3 is 3.08 bits per heavy atom. The number of alkyl halides is 2. The normalized spacial score (nSPS) is 32.1. The van der Waals surface area contributed by atoms with Gasteiger partial charge in [-0.3, -0.25) is 0 Å². The molecule has 2 atom stereocenters. The molecule has 1 fully saturated rings. The van der Waals surface area contributed by atoms with Gasteiger partial charge in [-0.2, -0.15) is 14.0 Å². The number of fused-ring (bicyclic) bond motifs is 3. The first-order valence-corrected chi connectivity index (χ1v) is 4.16. The number of aromatic nitrogens is 1. The van der Waals surface area contributed by atoms with Crippen molar-refractivity contribution in [3.63, 3.8) is 0 Å². The maximum atomic E-state index is 13.4. The Morgan fingerprint density at radius 2 is 2.38 bits per heavy atom. The van der Waals surface area contributed by atoms with Crippen LogP contribution in [0.4, 0.5) is 8.78 Å². The molecule has 13 heavy (non-hydrogen) atoms. The third-order valence-electron chi connectivity index (χ3n) is 3.00. The van der Waals surface area contributed by atoms with E-state index in [1.807, 2.05) is 6.07 Å². The zero-order chi connectivity index (χ0) is 9.22. The number of H-pyrrole nitrogens is 1. The Bertz CT molecular complexity index is 427. The summed E-state index contributed by atoms with van der Waals surface area (Å²) in [4.78, 5) is 2.52. The summed E-state index contributed by atoms with van der Waals surface area (Å²) in [6, 6.07) is 1.94. The Kier molecular flexibility index (Phi) is 0.961. The highest BCUT2D eigenvalue weighted by Crippen LogP contribution is 2.67. The van der Waals surface area contributed by atoms with Crippen LogP contribution in [0.1, 0.15) is 29.2 Å². The molecular weight excluding hydrogens is 174 g/mol. The van der Waals surface area contributed by atoms with Crippen LogP contribution in [0.2, 0.25) is 0 Å². The molecule has 0 bridgehead atoms. The molecule has 0 amide bonds. The Hall–Kier alpha value is -1.37. The second-order valence-electron chi connectivity index (χ2n) is 3.67. The van der Waals surface area contributed by atoms with Crippen LogP contribution in [-0.2, 0) is 5.92 Å². The second kappa shape index (κ2) is 1.77. The zero-order valence-corrected chi connectivity index (χ0v) is 6.64. The van der Waals surface area contributed by atoms with Gasteiger partial charge < -0.3 is 4.98 Å². The van der Waals surface area contributed by atoms with Crippen LogP contribution in [0.15, 0.2) is 6.20 Å². The van der Waals surface area contributed by atoms with Crippen molar-refractivity contribution in [3.05, 3.63) is 23.0 Å². The largest absolute Gasteiger partial charge is 0.359 e. The molecule has 3 rings (SSSR count). The first kappa shape index (κ1) is 7.07. The summed E-state index contributed by atoms with van der Waals surface area (Å²) in [6.45, 7) is 0. The fraction of sp³-hybridized carbons (Fsp3) is 0.444. The molecule has 66 valence electrons. The smallest absolute Gasteiger partial charge is 0.291 e. The summed E-state index contributed by atoms with van der Waals surface area (Å²) >= 11 is 0. The molecule has 0 aliphatic heterocycles. The average Bonchev–Trinajstić information content (AvgIpc) is 2.71. The average molecular weight is 180 g/mol. The van der Waals surface area contributed by atoms with E-state index in [-0.39, 0.29) is 11.6 Å². The lowest BCUT2D eigenvalue weighted by Gasteiger charge is -2.09. The number of nitrogens with one attached hydrogen (secondary N) is 1. The number of hydrogen-bond acceptors (Lipinski definition) is 1. The summed E-state index contributed by atoms with van der Waals surface area (Å²) in [5, 5.41) is 8.68. The number of nitriles is 1. The van der Waals surface area contributed by atoms with E-state index in [4.69, 9.17) is 5.26 Å². The minimum Gasteiger partial charge on any atom is -0.359 e. The molecule has 0 radical (unpaired) electrons. The molecule has 2 unspecified atom stereocenters. The highest BCUT2D eigenvalue weighted by molar-refractivity contribution is 5.52. The number of hydrogen-bond donors (Lipinski definition) is 1. The van der Waals surface area contributed by atoms with E-state index in [9.17, 15) is 8.78 Å². The van der Waals surface area contributed by atoms with Crippen LogP contribution in [0.3, 0.4) is 0 Å². The molecule has 0 aromatic carbocycles. The predicted molar refractivity (Wildman–Crippen MR) is 40.2 cm³/mol. The van der Waals surface area contributed by atoms with Gasteiger partial charge in [-0.05, 0) is 12.3 Å². The highest BCUT2D eigenvalue weighted by atomic mass is 19.3. The summed E-state index contributed by atoms with van der Waals surface area (Å²) in [5.74, 6) is -3.33. The topological polar surface area (TPSA) is 39.6 Å². The molecule has 0 saturated heterocycles. The molecule has 1 aromatic rings. The van der Waals surface area contributed by atoms with Crippen LogP contribution in [-0.4, -0.2) is 4.98 Å². The SMILES string of the molecule is N#Cc1c[nH]c2c1C1CC1C2(F)F. The van der Waals surface area contributed by atoms with Crippen LogP contribution in [0.5, 0.6) is 0 Å². The van der Waals surface area contributed by atoms with E-state index in [1.165, 1.54) is 6.20 Å². The number of nitrogens with zero attached hydrogens (tertiary/aromatic N) is 1. The second-order valence-corrected chi connectivity index (χ2v) is 3.67. The molecule has 2 aliphatic carbocycles. The lowest BCUT2D eigenvalue weighted by Crippen LogP contribution is -2.13. The van der Waals surface area contributed by atoms with Gasteiger partial charge >= 0.3 is 0 Å². The van der Waals surface area contributed by atoms with Crippen molar-refractivity contribution in [2.75, 3.05) is 0 Å². The standard InChI is InChI=1S/C9H6F2N2/c10-9(11)6-1-5(6)7-4(2-12)3-13-8(7)9/h3,5-6,13H,1H2. The number of rotatable bonds is 0. The van der Waals surface area contributed by atoms with E-state index in [0.29, 0.717) is 17.5 Å². The van der Waals surface area contributed by atoms with Crippen molar-refractivity contribution in [2.45, 2.75) is 18.3 Å². The summed E-state index contributed by atoms with van der Waals surface area (Å²) in [6.07, 6.45) is 1.92. The Morgan fingerprint density at radius 1 is 1.62 bits per heavy atom. The quantitative estimate of drug-likeness (QED) is 0.652. The maximum Gasteiger partial charge on any atom is 0.291 e. The van der Waals surface area contributed by atoms with Crippen LogP contribution in [0, 0.1) is 17.2 Å². The van der Waals surface area contributed by atoms with E-state index < -0.39 is 11.8 Å². The zero-order valence-electron chi connectivity index (χ0n) is 6.64. The van der Waals surface area contributed by atoms with Gasteiger partial charge in [0, 0.05) is 17.7 Å². The number of halogens is 2. The van der Waals surface area contributed by atoms with Gasteiger partial charge in [0.05, 0.1) is 11.3 Å². The van der Waals surface area contributed by atoms with Crippen molar-refractivity contribution >= 4 is 0 Å². The van der Waals surface area contributed by atoms with Gasteiger partial charge in [0.25, 0.3) is 5.92 Å². The van der Waals surface area contributed by atoms with Crippen LogP contribution >= 0.6 is 0 Å². The van der Waals surface area contributed by atoms with Crippen molar-refractivity contribution in [2.24, 2.45) is 5.92 Å². The van der Waals surface area contributed by atoms with E-state index in [2.05, 4.69) is 4.98 Å². The van der Waals surface area contributed by atoms with E-state index >= 15 is 0 Å². The maximum absolute atomic E-state index is 13.4.